The van der Waals surface area contributed by atoms with Gasteiger partial charge < -0.3 is 10.1 Å². The molecule has 0 atom stereocenters. The van der Waals surface area contributed by atoms with Crippen molar-refractivity contribution in [3.63, 3.8) is 0 Å². The van der Waals surface area contributed by atoms with Crippen LogP contribution in [0.15, 0.2) is 18.2 Å². The second kappa shape index (κ2) is 3.24. The summed E-state index contributed by atoms with van der Waals surface area (Å²) in [4.78, 5) is 0. The Bertz CT molecular complexity index is 380. The van der Waals surface area contributed by atoms with Crippen molar-refractivity contribution < 1.29 is 4.74 Å². The molecule has 15 heavy (non-hydrogen) atoms. The minimum Gasteiger partial charge on any atom is -0.487 e. The molecule has 2 aliphatic rings. The molecule has 2 aliphatic heterocycles. The van der Waals surface area contributed by atoms with E-state index in [1.807, 2.05) is 0 Å². The van der Waals surface area contributed by atoms with Crippen LogP contribution in [-0.2, 0) is 6.42 Å². The van der Waals surface area contributed by atoms with Crippen LogP contribution >= 0.6 is 0 Å². The lowest BCUT2D eigenvalue weighted by atomic mass is 9.88. The van der Waals surface area contributed by atoms with E-state index in [0.29, 0.717) is 0 Å². The van der Waals surface area contributed by atoms with Crippen molar-refractivity contribution in [2.45, 2.75) is 31.8 Å². The lowest BCUT2D eigenvalue weighted by Crippen LogP contribution is -2.45. The summed E-state index contributed by atoms with van der Waals surface area (Å²) >= 11 is 0. The van der Waals surface area contributed by atoms with Gasteiger partial charge in [0.2, 0.25) is 0 Å². The number of aryl methyl sites for hydroxylation is 1. The van der Waals surface area contributed by atoms with Crippen molar-refractivity contribution in [2.75, 3.05) is 13.1 Å². The summed E-state index contributed by atoms with van der Waals surface area (Å²) in [6, 6.07) is 6.58. The first kappa shape index (κ1) is 9.22. The third-order valence-corrected chi connectivity index (χ3v) is 3.58. The number of hydrogen-bond acceptors (Lipinski definition) is 2. The molecule has 1 aromatic carbocycles. The zero-order chi connectivity index (χ0) is 10.3. The summed E-state index contributed by atoms with van der Waals surface area (Å²) in [6.07, 6.45) is 3.38. The van der Waals surface area contributed by atoms with Gasteiger partial charge in [0.25, 0.3) is 0 Å². The van der Waals surface area contributed by atoms with Gasteiger partial charge in [0.15, 0.2) is 0 Å². The molecule has 2 heterocycles. The SMILES string of the molecule is Cc1ccc2c(c1)OC1(CCNCC1)C2. The Kier molecular flexibility index (Phi) is 1.99. The van der Waals surface area contributed by atoms with Crippen LogP contribution in [0.1, 0.15) is 24.0 Å². The molecule has 0 aliphatic carbocycles. The Hall–Kier alpha value is -1.02. The molecule has 1 fully saturated rings. The van der Waals surface area contributed by atoms with E-state index in [9.17, 15) is 0 Å². The minimum absolute atomic E-state index is 0.112. The van der Waals surface area contributed by atoms with Gasteiger partial charge in [-0.2, -0.15) is 0 Å². The zero-order valence-electron chi connectivity index (χ0n) is 9.18. The summed E-state index contributed by atoms with van der Waals surface area (Å²) in [5.41, 5.74) is 2.80. The summed E-state index contributed by atoms with van der Waals surface area (Å²) in [6.45, 7) is 4.30. The number of hydrogen-bond donors (Lipinski definition) is 1. The summed E-state index contributed by atoms with van der Waals surface area (Å²) in [5, 5.41) is 3.39. The molecule has 3 rings (SSSR count). The Morgan fingerprint density at radius 2 is 2.07 bits per heavy atom. The molecule has 2 nitrogen and oxygen atoms in total. The molecule has 0 amide bonds. The summed E-state index contributed by atoms with van der Waals surface area (Å²) < 4.78 is 6.18. The van der Waals surface area contributed by atoms with Crippen molar-refractivity contribution >= 4 is 0 Å². The predicted molar refractivity (Wildman–Crippen MR) is 60.3 cm³/mol. The van der Waals surface area contributed by atoms with Crippen LogP contribution in [0.25, 0.3) is 0 Å². The van der Waals surface area contributed by atoms with Crippen molar-refractivity contribution in [2.24, 2.45) is 0 Å². The highest BCUT2D eigenvalue weighted by Crippen LogP contribution is 2.40. The molecule has 2 heteroatoms. The second-order valence-electron chi connectivity index (χ2n) is 4.82. The first-order valence-corrected chi connectivity index (χ1v) is 5.77. The molecule has 0 radical (unpaired) electrons. The van der Waals surface area contributed by atoms with Crippen LogP contribution in [0.2, 0.25) is 0 Å². The third-order valence-electron chi connectivity index (χ3n) is 3.58. The van der Waals surface area contributed by atoms with E-state index in [-0.39, 0.29) is 5.60 Å². The van der Waals surface area contributed by atoms with Crippen LogP contribution in [0.4, 0.5) is 0 Å². The predicted octanol–water partition coefficient (Wildman–Crippen LogP) is 2.05. The largest absolute Gasteiger partial charge is 0.487 e. The zero-order valence-corrected chi connectivity index (χ0v) is 9.18. The maximum atomic E-state index is 6.18. The van der Waals surface area contributed by atoms with E-state index in [1.165, 1.54) is 11.1 Å². The quantitative estimate of drug-likeness (QED) is 0.697. The fourth-order valence-electron chi connectivity index (χ4n) is 2.68. The lowest BCUT2D eigenvalue weighted by Gasteiger charge is -2.33. The van der Waals surface area contributed by atoms with Crippen molar-refractivity contribution in [1.29, 1.82) is 0 Å². The second-order valence-corrected chi connectivity index (χ2v) is 4.82. The fraction of sp³-hybridized carbons (Fsp3) is 0.538. The highest BCUT2D eigenvalue weighted by Gasteiger charge is 2.39. The first-order chi connectivity index (χ1) is 7.27. The van der Waals surface area contributed by atoms with E-state index in [1.54, 1.807) is 0 Å². The van der Waals surface area contributed by atoms with E-state index >= 15 is 0 Å². The van der Waals surface area contributed by atoms with Gasteiger partial charge in [-0.15, -0.1) is 0 Å². The summed E-state index contributed by atoms with van der Waals surface area (Å²) in [7, 11) is 0. The standard InChI is InChI=1S/C13H17NO/c1-10-2-3-11-9-13(15-12(11)8-10)4-6-14-7-5-13/h2-3,8,14H,4-7,9H2,1H3. The number of nitrogens with one attached hydrogen (secondary N) is 1. The van der Waals surface area contributed by atoms with Gasteiger partial charge in [0.05, 0.1) is 0 Å². The van der Waals surface area contributed by atoms with Crippen LogP contribution in [0.5, 0.6) is 5.75 Å². The van der Waals surface area contributed by atoms with Gasteiger partial charge >= 0.3 is 0 Å². The number of rotatable bonds is 0. The van der Waals surface area contributed by atoms with Crippen molar-refractivity contribution in [3.05, 3.63) is 29.3 Å². The smallest absolute Gasteiger partial charge is 0.123 e. The van der Waals surface area contributed by atoms with E-state index in [4.69, 9.17) is 4.74 Å². The highest BCUT2D eigenvalue weighted by molar-refractivity contribution is 5.42. The fourth-order valence-corrected chi connectivity index (χ4v) is 2.68. The Morgan fingerprint density at radius 3 is 2.87 bits per heavy atom. The Morgan fingerprint density at radius 1 is 1.27 bits per heavy atom. The lowest BCUT2D eigenvalue weighted by molar-refractivity contribution is 0.0599. The molecule has 0 aromatic heterocycles. The van der Waals surface area contributed by atoms with Gasteiger partial charge in [0, 0.05) is 6.42 Å². The Balaban J connectivity index is 1.90. The average molecular weight is 203 g/mol. The number of fused-ring (bicyclic) bond motifs is 1. The van der Waals surface area contributed by atoms with Gasteiger partial charge in [0.1, 0.15) is 11.4 Å². The van der Waals surface area contributed by atoms with Crippen LogP contribution in [-0.4, -0.2) is 18.7 Å². The summed E-state index contributed by atoms with van der Waals surface area (Å²) in [5.74, 6) is 1.12. The molecule has 0 unspecified atom stereocenters. The van der Waals surface area contributed by atoms with Gasteiger partial charge in [-0.25, -0.2) is 0 Å². The molecule has 80 valence electrons. The minimum atomic E-state index is 0.112. The molecule has 0 bridgehead atoms. The number of piperidine rings is 1. The molecule has 1 aromatic rings. The van der Waals surface area contributed by atoms with Crippen LogP contribution in [0, 0.1) is 6.92 Å². The molecule has 1 spiro atoms. The first-order valence-electron chi connectivity index (χ1n) is 5.77. The molecule has 1 saturated heterocycles. The van der Waals surface area contributed by atoms with Crippen molar-refractivity contribution in [3.8, 4) is 5.75 Å². The number of ether oxygens (including phenoxy) is 1. The van der Waals surface area contributed by atoms with Crippen molar-refractivity contribution in [1.82, 2.24) is 5.32 Å². The van der Waals surface area contributed by atoms with E-state index in [2.05, 4.69) is 30.4 Å². The maximum Gasteiger partial charge on any atom is 0.123 e. The third kappa shape index (κ3) is 1.53. The van der Waals surface area contributed by atoms with E-state index < -0.39 is 0 Å². The maximum absolute atomic E-state index is 6.18. The average Bonchev–Trinajstić information content (AvgIpc) is 2.56. The highest BCUT2D eigenvalue weighted by atomic mass is 16.5. The normalized spacial score (nSPS) is 22.5. The monoisotopic (exact) mass is 203 g/mol. The molecule has 1 N–H and O–H groups in total. The molecule has 0 saturated carbocycles. The Labute approximate surface area is 90.6 Å². The number of benzene rings is 1. The molecular weight excluding hydrogens is 186 g/mol. The van der Waals surface area contributed by atoms with Gasteiger partial charge in [-0.05, 0) is 50.0 Å². The van der Waals surface area contributed by atoms with Crippen LogP contribution < -0.4 is 10.1 Å². The van der Waals surface area contributed by atoms with Crippen LogP contribution in [0.3, 0.4) is 0 Å². The van der Waals surface area contributed by atoms with Gasteiger partial charge in [-0.3, -0.25) is 0 Å². The van der Waals surface area contributed by atoms with Gasteiger partial charge in [-0.1, -0.05) is 12.1 Å². The van der Waals surface area contributed by atoms with E-state index in [0.717, 1.165) is 38.1 Å². The molecular formula is C13H17NO. The topological polar surface area (TPSA) is 21.3 Å².